The summed E-state index contributed by atoms with van der Waals surface area (Å²) >= 11 is -0.291. The first-order valence-electron chi connectivity index (χ1n) is 7.74. The van der Waals surface area contributed by atoms with Crippen molar-refractivity contribution in [1.82, 2.24) is 7.05 Å². The van der Waals surface area contributed by atoms with Gasteiger partial charge >= 0.3 is 139 Å². The molecule has 2 rings (SSSR count). The van der Waals surface area contributed by atoms with Gasteiger partial charge in [-0.25, -0.2) is 0 Å². The number of nitrogens with zero attached hydrogens (tertiary/aromatic N) is 2. The van der Waals surface area contributed by atoms with Crippen molar-refractivity contribution in [2.45, 2.75) is 51.4 Å². The Balaban J connectivity index is 2.23. The van der Waals surface area contributed by atoms with Crippen molar-refractivity contribution in [2.75, 3.05) is 0 Å². The van der Waals surface area contributed by atoms with Crippen molar-refractivity contribution < 1.29 is 0 Å². The summed E-state index contributed by atoms with van der Waals surface area (Å²) in [5.41, 5.74) is 0. The first-order chi connectivity index (χ1) is 9.69. The molecule has 0 spiro atoms. The topological polar surface area (TPSA) is 6.48 Å². The van der Waals surface area contributed by atoms with Crippen LogP contribution in [0.15, 0.2) is 48.6 Å². The molecule has 0 unspecified atom stereocenters. The fraction of sp³-hybridized carbons (Fsp3) is 0.500. The molecule has 0 saturated carbocycles. The van der Waals surface area contributed by atoms with Crippen molar-refractivity contribution in [2.24, 2.45) is 0 Å². The minimum absolute atomic E-state index is 0.291. The van der Waals surface area contributed by atoms with Crippen LogP contribution >= 0.6 is 0 Å². The summed E-state index contributed by atoms with van der Waals surface area (Å²) in [7, 11) is -2.65. The summed E-state index contributed by atoms with van der Waals surface area (Å²) in [6.45, 7) is 14.9. The molecule has 2 radical (unpaired) electrons. The van der Waals surface area contributed by atoms with Crippen LogP contribution in [0.4, 0.5) is 0 Å². The molecule has 0 aliphatic heterocycles. The van der Waals surface area contributed by atoms with Crippen molar-refractivity contribution >= 4 is 32.3 Å². The molecule has 0 heterocycles. The Bertz CT molecular complexity index is 415. The van der Waals surface area contributed by atoms with Gasteiger partial charge in [0.25, 0.3) is 0 Å². The van der Waals surface area contributed by atoms with E-state index in [0.29, 0.717) is 12.1 Å². The molecule has 2 aliphatic carbocycles. The first kappa shape index (κ1) is 17.2. The molecule has 0 amide bonds. The van der Waals surface area contributed by atoms with E-state index >= 15 is 0 Å². The van der Waals surface area contributed by atoms with Gasteiger partial charge in [0, 0.05) is 0 Å². The Hall–Kier alpha value is -0.143. The predicted molar refractivity (Wildman–Crippen MR) is 100 cm³/mol. The Morgan fingerprint density at radius 2 is 0.905 bits per heavy atom. The molecule has 0 aromatic heterocycles. The number of rotatable bonds is 6. The monoisotopic (exact) mass is 378 g/mol. The van der Waals surface area contributed by atoms with Crippen LogP contribution in [0, 0.1) is 0 Å². The second-order valence-electron chi connectivity index (χ2n) is 7.70. The van der Waals surface area contributed by atoms with E-state index in [4.69, 9.17) is 0 Å². The fourth-order valence-corrected chi connectivity index (χ4v) is 12.5. The molecular weight excluding hydrogens is 349 g/mol. The molecular formula is C16H28GeN2Si2. The summed E-state index contributed by atoms with van der Waals surface area (Å²) in [6.07, 6.45) is 18.3. The van der Waals surface area contributed by atoms with Crippen molar-refractivity contribution in [3.05, 3.63) is 48.6 Å². The average Bonchev–Trinajstić information content (AvgIpc) is 2.96. The van der Waals surface area contributed by atoms with Crippen LogP contribution < -0.4 is 0 Å². The summed E-state index contributed by atoms with van der Waals surface area (Å²) in [6, 6.07) is 1.06. The Kier molecular flexibility index (Phi) is 5.36. The third-order valence-electron chi connectivity index (χ3n) is 3.71. The van der Waals surface area contributed by atoms with Gasteiger partial charge in [0.1, 0.15) is 0 Å². The maximum atomic E-state index is 2.87. The molecule has 21 heavy (non-hydrogen) atoms. The zero-order valence-electron chi connectivity index (χ0n) is 14.2. The van der Waals surface area contributed by atoms with Gasteiger partial charge in [-0.1, -0.05) is 0 Å². The summed E-state index contributed by atoms with van der Waals surface area (Å²) in [5, 5.41) is 0. The van der Waals surface area contributed by atoms with E-state index < -0.39 is 16.5 Å². The molecule has 0 atom stereocenters. The van der Waals surface area contributed by atoms with Crippen molar-refractivity contribution in [1.29, 1.82) is 0 Å². The van der Waals surface area contributed by atoms with Gasteiger partial charge in [-0.3, -0.25) is 0 Å². The second kappa shape index (κ2) is 6.54. The molecule has 0 N–H and O–H groups in total. The average molecular weight is 377 g/mol. The van der Waals surface area contributed by atoms with Crippen LogP contribution in [0.2, 0.25) is 39.3 Å². The standard InChI is InChI=1S/C16H28GeN2Si2/c1-20(2,3)18(15-11-7-8-12-15)17-19(21(4,5)6)16-13-9-10-14-16/h7-16H,1-6H3. The van der Waals surface area contributed by atoms with Crippen molar-refractivity contribution in [3.63, 3.8) is 0 Å². The van der Waals surface area contributed by atoms with E-state index in [0.717, 1.165) is 0 Å². The molecule has 0 bridgehead atoms. The number of allylic oxidation sites excluding steroid dienone is 4. The Morgan fingerprint density at radius 1 is 0.619 bits per heavy atom. The molecule has 0 aromatic rings. The van der Waals surface area contributed by atoms with Gasteiger partial charge in [0.15, 0.2) is 0 Å². The van der Waals surface area contributed by atoms with Gasteiger partial charge in [-0.2, -0.15) is 0 Å². The molecule has 0 saturated heterocycles. The van der Waals surface area contributed by atoms with Crippen LogP contribution in [-0.4, -0.2) is 51.5 Å². The summed E-state index contributed by atoms with van der Waals surface area (Å²) < 4.78 is 5.73. The minimum atomic E-state index is -1.33. The van der Waals surface area contributed by atoms with Crippen LogP contribution in [0.5, 0.6) is 0 Å². The number of hydrogen-bond acceptors (Lipinski definition) is 2. The van der Waals surface area contributed by atoms with E-state index in [1.165, 1.54) is 0 Å². The van der Waals surface area contributed by atoms with E-state index in [9.17, 15) is 0 Å². The molecule has 2 nitrogen and oxygen atoms in total. The molecule has 114 valence electrons. The van der Waals surface area contributed by atoms with E-state index in [-0.39, 0.29) is 15.9 Å². The molecule has 2 aliphatic rings. The third-order valence-corrected chi connectivity index (χ3v) is 18.8. The van der Waals surface area contributed by atoms with Crippen LogP contribution in [0.3, 0.4) is 0 Å². The van der Waals surface area contributed by atoms with E-state index in [1.54, 1.807) is 0 Å². The molecule has 5 heteroatoms. The summed E-state index contributed by atoms with van der Waals surface area (Å²) in [4.78, 5) is 0. The Labute approximate surface area is 139 Å². The SMILES string of the molecule is C[Si](C)(C)[N]([Ge][N](C1C=CC=C1)[Si](C)(C)C)C1C=CC=C1. The van der Waals surface area contributed by atoms with Gasteiger partial charge in [0.05, 0.1) is 0 Å². The predicted octanol–water partition coefficient (Wildman–Crippen LogP) is 3.78. The number of hydrogen-bond donors (Lipinski definition) is 0. The van der Waals surface area contributed by atoms with Crippen LogP contribution in [-0.2, 0) is 0 Å². The fourth-order valence-electron chi connectivity index (χ4n) is 2.63. The second-order valence-corrected chi connectivity index (χ2v) is 21.7. The van der Waals surface area contributed by atoms with Gasteiger partial charge in [-0.15, -0.1) is 0 Å². The molecule has 0 aromatic carbocycles. The van der Waals surface area contributed by atoms with Gasteiger partial charge in [-0.05, 0) is 0 Å². The Morgan fingerprint density at radius 3 is 1.14 bits per heavy atom. The summed E-state index contributed by atoms with van der Waals surface area (Å²) in [5.74, 6) is 0. The van der Waals surface area contributed by atoms with Gasteiger partial charge < -0.3 is 0 Å². The van der Waals surface area contributed by atoms with E-state index in [2.05, 4.69) is 94.9 Å². The van der Waals surface area contributed by atoms with E-state index in [1.807, 2.05) is 0 Å². The molecule has 0 fully saturated rings. The third kappa shape index (κ3) is 4.42. The zero-order chi connectivity index (χ0) is 15.7. The van der Waals surface area contributed by atoms with Crippen molar-refractivity contribution in [3.8, 4) is 0 Å². The van der Waals surface area contributed by atoms with Crippen LogP contribution in [0.25, 0.3) is 0 Å². The maximum absolute atomic E-state index is 2.87. The normalized spacial score (nSPS) is 19.8. The zero-order valence-corrected chi connectivity index (χ0v) is 18.3. The quantitative estimate of drug-likeness (QED) is 0.650. The first-order valence-corrected chi connectivity index (χ1v) is 16.5. The van der Waals surface area contributed by atoms with Gasteiger partial charge in [0.2, 0.25) is 0 Å². The van der Waals surface area contributed by atoms with Crippen LogP contribution in [0.1, 0.15) is 0 Å².